The van der Waals surface area contributed by atoms with Crippen molar-refractivity contribution >= 4 is 30.9 Å². The van der Waals surface area contributed by atoms with Crippen molar-refractivity contribution in [3.8, 4) is 11.3 Å². The van der Waals surface area contributed by atoms with Crippen LogP contribution in [-0.4, -0.2) is 39.6 Å². The van der Waals surface area contributed by atoms with Gasteiger partial charge in [-0.15, -0.1) is 0 Å². The van der Waals surface area contributed by atoms with E-state index in [4.69, 9.17) is 15.3 Å². The lowest BCUT2D eigenvalue weighted by molar-refractivity contribution is -0.384. The molecule has 0 bridgehead atoms. The molecular weight excluding hydrogens is 400 g/mol. The number of nitrogens with zero attached hydrogens (tertiary/aromatic N) is 5. The lowest BCUT2D eigenvalue weighted by Gasteiger charge is -2.36. The summed E-state index contributed by atoms with van der Waals surface area (Å²) in [4.78, 5) is 19.0. The van der Waals surface area contributed by atoms with Crippen LogP contribution in [0.1, 0.15) is 27.2 Å². The van der Waals surface area contributed by atoms with Crippen LogP contribution in [0.4, 0.5) is 11.5 Å². The molecule has 160 valence electrons. The summed E-state index contributed by atoms with van der Waals surface area (Å²) < 4.78 is 8.06. The fourth-order valence-electron chi connectivity index (χ4n) is 2.89. The third-order valence-corrected chi connectivity index (χ3v) is 10.2. The number of aromatic nitrogens is 4. The van der Waals surface area contributed by atoms with Gasteiger partial charge in [-0.25, -0.2) is 14.6 Å². The third-order valence-electron chi connectivity index (χ3n) is 5.69. The van der Waals surface area contributed by atoms with Crippen molar-refractivity contribution in [2.45, 2.75) is 51.9 Å². The Morgan fingerprint density at radius 1 is 1.20 bits per heavy atom. The molecule has 9 nitrogen and oxygen atoms in total. The third kappa shape index (κ3) is 4.34. The average molecular weight is 429 g/mol. The average Bonchev–Trinajstić information content (AvgIpc) is 3.04. The molecule has 0 amide bonds. The first-order valence-electron chi connectivity index (χ1n) is 9.87. The van der Waals surface area contributed by atoms with Crippen LogP contribution in [0.2, 0.25) is 18.1 Å². The molecule has 1 aromatic carbocycles. The standard InChI is InChI=1S/C20H28N6O3Si/c1-20(2,3)30(4,5)29-12-6-11-25-19-16(18(21)22-13-23-19)17(24-25)14-7-9-15(10-8-14)26(27)28/h7-10,13H,6,11-12H2,1-5H3,(H2,21,22,23). The molecular formula is C20H28N6O3Si. The van der Waals surface area contributed by atoms with E-state index in [1.165, 1.54) is 18.5 Å². The number of aryl methyl sites for hydroxylation is 1. The van der Waals surface area contributed by atoms with Crippen molar-refractivity contribution in [2.75, 3.05) is 12.3 Å². The fraction of sp³-hybridized carbons (Fsp3) is 0.450. The van der Waals surface area contributed by atoms with Crippen molar-refractivity contribution in [3.63, 3.8) is 0 Å². The molecule has 0 unspecified atom stereocenters. The summed E-state index contributed by atoms with van der Waals surface area (Å²) in [6, 6.07) is 6.23. The minimum Gasteiger partial charge on any atom is -0.417 e. The lowest BCUT2D eigenvalue weighted by atomic mass is 10.1. The maximum Gasteiger partial charge on any atom is 0.269 e. The van der Waals surface area contributed by atoms with E-state index >= 15 is 0 Å². The van der Waals surface area contributed by atoms with Gasteiger partial charge in [-0.3, -0.25) is 10.1 Å². The Labute approximate surface area is 176 Å². The van der Waals surface area contributed by atoms with Gasteiger partial charge >= 0.3 is 0 Å². The maximum absolute atomic E-state index is 10.9. The number of nitro groups is 1. The van der Waals surface area contributed by atoms with E-state index in [0.717, 1.165) is 12.0 Å². The molecule has 0 saturated carbocycles. The molecule has 2 heterocycles. The second-order valence-electron chi connectivity index (χ2n) is 8.80. The van der Waals surface area contributed by atoms with E-state index in [9.17, 15) is 10.1 Å². The molecule has 0 aliphatic carbocycles. The number of rotatable bonds is 7. The van der Waals surface area contributed by atoms with Gasteiger partial charge in [0.25, 0.3) is 5.69 Å². The second kappa shape index (κ2) is 8.11. The van der Waals surface area contributed by atoms with Crippen LogP contribution >= 0.6 is 0 Å². The van der Waals surface area contributed by atoms with Gasteiger partial charge in [-0.2, -0.15) is 5.10 Å². The summed E-state index contributed by atoms with van der Waals surface area (Å²) >= 11 is 0. The number of hydrogen-bond donors (Lipinski definition) is 1. The van der Waals surface area contributed by atoms with Crippen molar-refractivity contribution in [3.05, 3.63) is 40.7 Å². The molecule has 2 aromatic heterocycles. The summed E-state index contributed by atoms with van der Waals surface area (Å²) in [5, 5.41) is 16.4. The SMILES string of the molecule is CC(C)(C)[Si](C)(C)OCCCn1nc(-c2ccc([N+](=O)[O-])cc2)c2c(N)ncnc21. The largest absolute Gasteiger partial charge is 0.417 e. The molecule has 0 fully saturated rings. The zero-order valence-electron chi connectivity index (χ0n) is 18.0. The Balaban J connectivity index is 1.85. The van der Waals surface area contributed by atoms with E-state index in [1.807, 2.05) is 0 Å². The minimum atomic E-state index is -1.80. The van der Waals surface area contributed by atoms with Gasteiger partial charge in [0, 0.05) is 30.8 Å². The number of fused-ring (bicyclic) bond motifs is 1. The predicted octanol–water partition coefficient (Wildman–Crippen LogP) is 4.40. The topological polar surface area (TPSA) is 122 Å². The highest BCUT2D eigenvalue weighted by atomic mass is 28.4. The Kier molecular flexibility index (Phi) is 5.91. The van der Waals surface area contributed by atoms with Crippen molar-refractivity contribution in [1.29, 1.82) is 0 Å². The number of non-ortho nitro benzene ring substituents is 1. The fourth-order valence-corrected chi connectivity index (χ4v) is 3.98. The first kappa shape index (κ1) is 21.8. The van der Waals surface area contributed by atoms with Crippen LogP contribution < -0.4 is 5.73 Å². The van der Waals surface area contributed by atoms with Crippen molar-refractivity contribution in [2.24, 2.45) is 0 Å². The van der Waals surface area contributed by atoms with Gasteiger partial charge in [0.15, 0.2) is 14.0 Å². The van der Waals surface area contributed by atoms with Gasteiger partial charge < -0.3 is 10.2 Å². The molecule has 0 aliphatic heterocycles. The Morgan fingerprint density at radius 3 is 2.47 bits per heavy atom. The normalized spacial score (nSPS) is 12.4. The van der Waals surface area contributed by atoms with Gasteiger partial charge in [0.1, 0.15) is 17.8 Å². The summed E-state index contributed by atoms with van der Waals surface area (Å²) in [7, 11) is -1.80. The number of hydrogen-bond acceptors (Lipinski definition) is 7. The highest BCUT2D eigenvalue weighted by molar-refractivity contribution is 6.74. The van der Waals surface area contributed by atoms with Crippen molar-refractivity contribution < 1.29 is 9.35 Å². The molecule has 0 atom stereocenters. The van der Waals surface area contributed by atoms with Crippen LogP contribution in [0, 0.1) is 10.1 Å². The van der Waals surface area contributed by atoms with Crippen LogP contribution in [0.3, 0.4) is 0 Å². The van der Waals surface area contributed by atoms with Crippen LogP contribution in [0.25, 0.3) is 22.3 Å². The number of nitrogens with two attached hydrogens (primary N) is 1. The number of nitro benzene ring substituents is 1. The van der Waals surface area contributed by atoms with Crippen LogP contribution in [0.15, 0.2) is 30.6 Å². The number of nitrogen functional groups attached to an aromatic ring is 1. The van der Waals surface area contributed by atoms with Gasteiger partial charge in [0.05, 0.1) is 10.3 Å². The van der Waals surface area contributed by atoms with Gasteiger partial charge in [-0.1, -0.05) is 20.8 Å². The Bertz CT molecular complexity index is 1060. The second-order valence-corrected chi connectivity index (χ2v) is 13.6. The molecule has 2 N–H and O–H groups in total. The summed E-state index contributed by atoms with van der Waals surface area (Å²) in [5.74, 6) is 0.331. The number of benzene rings is 1. The summed E-state index contributed by atoms with van der Waals surface area (Å²) in [6.45, 7) is 12.4. The Morgan fingerprint density at radius 2 is 1.87 bits per heavy atom. The summed E-state index contributed by atoms with van der Waals surface area (Å²) in [6.07, 6.45) is 2.20. The smallest absolute Gasteiger partial charge is 0.269 e. The molecule has 0 spiro atoms. The van der Waals surface area contributed by atoms with Gasteiger partial charge in [-0.05, 0) is 36.7 Å². The van der Waals surface area contributed by atoms with Crippen molar-refractivity contribution in [1.82, 2.24) is 19.7 Å². The number of anilines is 1. The van der Waals surface area contributed by atoms with Crippen LogP contribution in [-0.2, 0) is 11.0 Å². The van der Waals surface area contributed by atoms with E-state index in [1.54, 1.807) is 16.8 Å². The first-order valence-corrected chi connectivity index (χ1v) is 12.8. The summed E-state index contributed by atoms with van der Waals surface area (Å²) in [5.41, 5.74) is 8.12. The van der Waals surface area contributed by atoms with Crippen LogP contribution in [0.5, 0.6) is 0 Å². The zero-order valence-corrected chi connectivity index (χ0v) is 19.0. The van der Waals surface area contributed by atoms with E-state index in [-0.39, 0.29) is 10.7 Å². The van der Waals surface area contributed by atoms with E-state index < -0.39 is 13.2 Å². The molecule has 30 heavy (non-hydrogen) atoms. The molecule has 0 saturated heterocycles. The first-order chi connectivity index (χ1) is 14.0. The van der Waals surface area contributed by atoms with Gasteiger partial charge in [0.2, 0.25) is 0 Å². The van der Waals surface area contributed by atoms with E-state index in [2.05, 4.69) is 43.8 Å². The lowest BCUT2D eigenvalue weighted by Crippen LogP contribution is -2.41. The highest BCUT2D eigenvalue weighted by Crippen LogP contribution is 2.36. The van der Waals surface area contributed by atoms with E-state index in [0.29, 0.717) is 35.7 Å². The predicted molar refractivity (Wildman–Crippen MR) is 120 cm³/mol. The molecule has 10 heteroatoms. The quantitative estimate of drug-likeness (QED) is 0.256. The highest BCUT2D eigenvalue weighted by Gasteiger charge is 2.36. The molecule has 0 aliphatic rings. The minimum absolute atomic E-state index is 0.0227. The molecule has 3 aromatic rings. The molecule has 3 rings (SSSR count). The maximum atomic E-state index is 10.9. The Hall–Kier alpha value is -2.85. The zero-order chi connectivity index (χ0) is 22.1. The monoisotopic (exact) mass is 428 g/mol. The molecule has 0 radical (unpaired) electrons.